The summed E-state index contributed by atoms with van der Waals surface area (Å²) >= 11 is 0. The van der Waals surface area contributed by atoms with Crippen LogP contribution in [0.25, 0.3) is 0 Å². The van der Waals surface area contributed by atoms with E-state index in [1.807, 2.05) is 6.92 Å². The van der Waals surface area contributed by atoms with E-state index in [1.54, 1.807) is 6.20 Å². The summed E-state index contributed by atoms with van der Waals surface area (Å²) in [6, 6.07) is 2.89. The van der Waals surface area contributed by atoms with Crippen molar-refractivity contribution in [3.05, 3.63) is 28.7 Å². The zero-order valence-corrected chi connectivity index (χ0v) is 9.68. The predicted molar refractivity (Wildman–Crippen MR) is 63.0 cm³/mol. The second-order valence-corrected chi connectivity index (χ2v) is 3.43. The number of aryl methyl sites for hydroxylation is 1. The zero-order valence-electron chi connectivity index (χ0n) is 9.68. The van der Waals surface area contributed by atoms with E-state index < -0.39 is 6.09 Å². The number of carbonyl (C=O) groups is 1. The Hall–Kier alpha value is -1.82. The summed E-state index contributed by atoms with van der Waals surface area (Å²) in [5.41, 5.74) is 0.377. The van der Waals surface area contributed by atoms with Gasteiger partial charge >= 0.3 is 6.09 Å². The quantitative estimate of drug-likeness (QED) is 0.797. The molecule has 0 saturated carbocycles. The maximum absolute atomic E-state index is 11.4. The summed E-state index contributed by atoms with van der Waals surface area (Å²) < 4.78 is 6.15. The molecular formula is C11H16N2O4. The Kier molecular flexibility index (Phi) is 5.22. The van der Waals surface area contributed by atoms with Gasteiger partial charge in [0.05, 0.1) is 12.3 Å². The number of nitrogens with one attached hydrogen (secondary N) is 1. The molecular weight excluding hydrogens is 224 g/mol. The minimum absolute atomic E-state index is 0.0551. The van der Waals surface area contributed by atoms with E-state index in [4.69, 9.17) is 5.11 Å². The van der Waals surface area contributed by atoms with Crippen LogP contribution in [0.5, 0.6) is 0 Å². The van der Waals surface area contributed by atoms with Gasteiger partial charge in [0.2, 0.25) is 0 Å². The third-order valence-corrected chi connectivity index (χ3v) is 2.02. The number of aliphatic hydroxyl groups excluding tert-OH is 1. The number of carbonyl (C=O) groups excluding carboxylic acids is 1. The summed E-state index contributed by atoms with van der Waals surface area (Å²) in [7, 11) is 0. The Balaban J connectivity index is 2.68. The van der Waals surface area contributed by atoms with Crippen LogP contribution in [0.2, 0.25) is 0 Å². The summed E-state index contributed by atoms with van der Waals surface area (Å²) in [6.07, 6.45) is 1.74. The number of amides is 1. The van der Waals surface area contributed by atoms with Crippen LogP contribution in [0.3, 0.4) is 0 Å². The highest BCUT2D eigenvalue weighted by atomic mass is 16.6. The van der Waals surface area contributed by atoms with Gasteiger partial charge in [0.15, 0.2) is 0 Å². The van der Waals surface area contributed by atoms with Gasteiger partial charge in [-0.25, -0.2) is 4.79 Å². The minimum atomic E-state index is -0.652. The molecule has 0 atom stereocenters. The van der Waals surface area contributed by atoms with Crippen LogP contribution in [-0.4, -0.2) is 29.0 Å². The molecule has 94 valence electrons. The molecule has 1 aromatic rings. The van der Waals surface area contributed by atoms with Crippen molar-refractivity contribution in [3.63, 3.8) is 0 Å². The number of rotatable bonds is 5. The first-order valence-corrected chi connectivity index (χ1v) is 5.42. The molecule has 0 saturated heterocycles. The molecule has 2 N–H and O–H groups in total. The molecule has 0 aromatic carbocycles. The van der Waals surface area contributed by atoms with Crippen molar-refractivity contribution in [1.29, 1.82) is 0 Å². The Morgan fingerprint density at radius 3 is 2.94 bits per heavy atom. The number of hydrogen-bond acceptors (Lipinski definition) is 4. The van der Waals surface area contributed by atoms with Crippen molar-refractivity contribution in [1.82, 2.24) is 4.57 Å². The minimum Gasteiger partial charge on any atom is -0.447 e. The third-order valence-electron chi connectivity index (χ3n) is 2.02. The van der Waals surface area contributed by atoms with Crippen LogP contribution in [0.15, 0.2) is 23.1 Å². The molecule has 0 aliphatic carbocycles. The van der Waals surface area contributed by atoms with Crippen LogP contribution >= 0.6 is 0 Å². The van der Waals surface area contributed by atoms with Crippen molar-refractivity contribution in [3.8, 4) is 0 Å². The second-order valence-electron chi connectivity index (χ2n) is 3.43. The molecule has 0 bridgehead atoms. The molecule has 1 amide bonds. The largest absolute Gasteiger partial charge is 0.447 e. The molecule has 6 heteroatoms. The fourth-order valence-electron chi connectivity index (χ4n) is 1.31. The van der Waals surface area contributed by atoms with E-state index in [2.05, 4.69) is 10.1 Å². The van der Waals surface area contributed by atoms with Gasteiger partial charge in [-0.1, -0.05) is 6.92 Å². The number of pyridine rings is 1. The Morgan fingerprint density at radius 1 is 1.53 bits per heavy atom. The molecule has 0 spiro atoms. The van der Waals surface area contributed by atoms with E-state index >= 15 is 0 Å². The molecule has 0 aliphatic heterocycles. The number of anilines is 1. The average Bonchev–Trinajstić information content (AvgIpc) is 2.31. The van der Waals surface area contributed by atoms with E-state index in [0.29, 0.717) is 12.2 Å². The fraction of sp³-hybridized carbons (Fsp3) is 0.455. The first kappa shape index (κ1) is 13.2. The number of nitrogens with zero attached hydrogens (tertiary/aromatic N) is 1. The first-order chi connectivity index (χ1) is 8.17. The van der Waals surface area contributed by atoms with Gasteiger partial charge in [-0.05, 0) is 12.5 Å². The third kappa shape index (κ3) is 4.28. The van der Waals surface area contributed by atoms with Crippen LogP contribution in [0.4, 0.5) is 10.5 Å². The molecule has 6 nitrogen and oxygen atoms in total. The lowest BCUT2D eigenvalue weighted by Gasteiger charge is -2.08. The van der Waals surface area contributed by atoms with Crippen molar-refractivity contribution >= 4 is 11.8 Å². The second kappa shape index (κ2) is 6.70. The van der Waals surface area contributed by atoms with Gasteiger partial charge in [-0.15, -0.1) is 0 Å². The van der Waals surface area contributed by atoms with Gasteiger partial charge in [0, 0.05) is 18.8 Å². The lowest BCUT2D eigenvalue weighted by atomic mass is 10.4. The smallest absolute Gasteiger partial charge is 0.411 e. The summed E-state index contributed by atoms with van der Waals surface area (Å²) in [5.74, 6) is 0. The Bertz CT molecular complexity index is 428. The van der Waals surface area contributed by atoms with Gasteiger partial charge in [0.25, 0.3) is 5.56 Å². The Labute approximate surface area is 98.8 Å². The zero-order chi connectivity index (χ0) is 12.7. The van der Waals surface area contributed by atoms with Gasteiger partial charge < -0.3 is 14.4 Å². The molecule has 0 unspecified atom stereocenters. The van der Waals surface area contributed by atoms with E-state index in [-0.39, 0.29) is 18.8 Å². The maximum Gasteiger partial charge on any atom is 0.411 e. The summed E-state index contributed by atoms with van der Waals surface area (Å²) in [5, 5.41) is 11.0. The highest BCUT2D eigenvalue weighted by Gasteiger charge is 2.04. The molecule has 0 radical (unpaired) electrons. The predicted octanol–water partition coefficient (Wildman–Crippen LogP) is 0.799. The molecule has 0 fully saturated rings. The SMILES string of the molecule is CCCn1cc(NC(=O)OCCO)ccc1=O. The van der Waals surface area contributed by atoms with E-state index in [1.165, 1.54) is 16.7 Å². The van der Waals surface area contributed by atoms with Gasteiger partial charge in [0.1, 0.15) is 6.61 Å². The van der Waals surface area contributed by atoms with Crippen molar-refractivity contribution in [2.24, 2.45) is 0 Å². The number of ether oxygens (including phenoxy) is 1. The number of aromatic nitrogens is 1. The van der Waals surface area contributed by atoms with Crippen LogP contribution in [0, 0.1) is 0 Å². The van der Waals surface area contributed by atoms with Crippen molar-refractivity contribution in [2.45, 2.75) is 19.9 Å². The highest BCUT2D eigenvalue weighted by molar-refractivity contribution is 5.84. The average molecular weight is 240 g/mol. The summed E-state index contributed by atoms with van der Waals surface area (Å²) in [4.78, 5) is 22.6. The van der Waals surface area contributed by atoms with Crippen LogP contribution < -0.4 is 10.9 Å². The normalized spacial score (nSPS) is 10.0. The summed E-state index contributed by atoms with van der Waals surface area (Å²) in [6.45, 7) is 2.28. The molecule has 1 aromatic heterocycles. The maximum atomic E-state index is 11.4. The van der Waals surface area contributed by atoms with Gasteiger partial charge in [-0.3, -0.25) is 10.1 Å². The molecule has 17 heavy (non-hydrogen) atoms. The molecule has 1 rings (SSSR count). The lowest BCUT2D eigenvalue weighted by Crippen LogP contribution is -2.21. The monoisotopic (exact) mass is 240 g/mol. The van der Waals surface area contributed by atoms with Crippen LogP contribution in [-0.2, 0) is 11.3 Å². The first-order valence-electron chi connectivity index (χ1n) is 5.42. The van der Waals surface area contributed by atoms with E-state index in [9.17, 15) is 9.59 Å². The number of hydrogen-bond donors (Lipinski definition) is 2. The molecule has 0 aliphatic rings. The topological polar surface area (TPSA) is 80.6 Å². The van der Waals surface area contributed by atoms with Gasteiger partial charge in [-0.2, -0.15) is 0 Å². The lowest BCUT2D eigenvalue weighted by molar-refractivity contribution is 0.131. The number of aliphatic hydroxyl groups is 1. The highest BCUT2D eigenvalue weighted by Crippen LogP contribution is 2.04. The standard InChI is InChI=1S/C11H16N2O4/c1-2-5-13-8-9(3-4-10(13)15)12-11(16)17-7-6-14/h3-4,8,14H,2,5-7H2,1H3,(H,12,16). The van der Waals surface area contributed by atoms with Crippen molar-refractivity contribution in [2.75, 3.05) is 18.5 Å². The Morgan fingerprint density at radius 2 is 2.29 bits per heavy atom. The van der Waals surface area contributed by atoms with Crippen LogP contribution in [0.1, 0.15) is 13.3 Å². The fourth-order valence-corrected chi connectivity index (χ4v) is 1.31. The van der Waals surface area contributed by atoms with E-state index in [0.717, 1.165) is 6.42 Å². The molecule has 1 heterocycles. The van der Waals surface area contributed by atoms with Crippen molar-refractivity contribution < 1.29 is 14.6 Å².